The molecule has 0 spiro atoms. The molecule has 23 heavy (non-hydrogen) atoms. The molecular weight excluding hydrogens is 294 g/mol. The maximum absolute atomic E-state index is 12.6. The molecule has 1 heterocycles. The van der Waals surface area contributed by atoms with Crippen LogP contribution in [0.4, 0.5) is 0 Å². The number of methoxy groups -OCH3 is 1. The van der Waals surface area contributed by atoms with Gasteiger partial charge in [-0.3, -0.25) is 9.59 Å². The molecule has 2 rings (SSSR count). The number of benzene rings is 1. The maximum Gasteiger partial charge on any atom is 0.268 e. The van der Waals surface area contributed by atoms with E-state index in [0.29, 0.717) is 18.8 Å². The van der Waals surface area contributed by atoms with Crippen molar-refractivity contribution in [3.63, 3.8) is 0 Å². The number of nitrogens with two attached hydrogens (primary N) is 1. The summed E-state index contributed by atoms with van der Waals surface area (Å²) in [6.07, 6.45) is 0. The van der Waals surface area contributed by atoms with E-state index in [1.807, 2.05) is 48.7 Å². The molecule has 6 heteroatoms. The molecule has 1 unspecified atom stereocenters. The van der Waals surface area contributed by atoms with Gasteiger partial charge in [-0.05, 0) is 18.1 Å². The van der Waals surface area contributed by atoms with Gasteiger partial charge in [0.1, 0.15) is 11.7 Å². The number of aromatic nitrogens is 1. The lowest BCUT2D eigenvalue weighted by Gasteiger charge is -2.19. The molecule has 1 aromatic heterocycles. The molecule has 1 aromatic carbocycles. The summed E-state index contributed by atoms with van der Waals surface area (Å²) in [5.41, 5.74) is 6.83. The van der Waals surface area contributed by atoms with Crippen LogP contribution in [0.3, 0.4) is 0 Å². The number of hydrogen-bond acceptors (Lipinski definition) is 3. The summed E-state index contributed by atoms with van der Waals surface area (Å²) in [6.45, 7) is 4.73. The molecule has 2 aromatic rings. The first-order valence-electron chi connectivity index (χ1n) is 7.63. The van der Waals surface area contributed by atoms with Gasteiger partial charge in [0.15, 0.2) is 0 Å². The quantitative estimate of drug-likeness (QED) is 0.812. The number of nitrogens with zero attached hydrogens (tertiary/aromatic N) is 1. The first-order valence-corrected chi connectivity index (χ1v) is 7.63. The van der Waals surface area contributed by atoms with E-state index < -0.39 is 11.9 Å². The third-order valence-corrected chi connectivity index (χ3v) is 3.82. The smallest absolute Gasteiger partial charge is 0.268 e. The van der Waals surface area contributed by atoms with E-state index in [1.54, 1.807) is 7.11 Å². The number of carbonyl (C=O) groups excluding carboxylic acids is 2. The first kappa shape index (κ1) is 17.0. The number of rotatable bonds is 7. The largest absolute Gasteiger partial charge is 0.383 e. The SMILES string of the molecule is COCCn1c(C(=O)NC(C(N)=O)C(C)C)cc2ccccc21. The number of primary amides is 1. The normalized spacial score (nSPS) is 12.5. The third-order valence-electron chi connectivity index (χ3n) is 3.82. The number of nitrogens with one attached hydrogen (secondary N) is 1. The van der Waals surface area contributed by atoms with E-state index in [1.165, 1.54) is 0 Å². The summed E-state index contributed by atoms with van der Waals surface area (Å²) in [6, 6.07) is 8.87. The minimum Gasteiger partial charge on any atom is -0.383 e. The van der Waals surface area contributed by atoms with Crippen LogP contribution in [0.1, 0.15) is 24.3 Å². The van der Waals surface area contributed by atoms with Crippen LogP contribution in [0.25, 0.3) is 10.9 Å². The number of fused-ring (bicyclic) bond motifs is 1. The fourth-order valence-corrected chi connectivity index (χ4v) is 2.60. The number of para-hydroxylation sites is 1. The monoisotopic (exact) mass is 317 g/mol. The van der Waals surface area contributed by atoms with Crippen LogP contribution < -0.4 is 11.1 Å². The summed E-state index contributed by atoms with van der Waals surface area (Å²) >= 11 is 0. The van der Waals surface area contributed by atoms with Crippen molar-refractivity contribution in [1.29, 1.82) is 0 Å². The van der Waals surface area contributed by atoms with E-state index in [2.05, 4.69) is 5.32 Å². The van der Waals surface area contributed by atoms with E-state index in [4.69, 9.17) is 10.5 Å². The molecule has 0 aliphatic carbocycles. The summed E-state index contributed by atoms with van der Waals surface area (Å²) in [4.78, 5) is 24.2. The molecule has 0 radical (unpaired) electrons. The zero-order valence-corrected chi connectivity index (χ0v) is 13.7. The Morgan fingerprint density at radius 2 is 2.00 bits per heavy atom. The average molecular weight is 317 g/mol. The predicted molar refractivity (Wildman–Crippen MR) is 89.1 cm³/mol. The lowest BCUT2D eigenvalue weighted by atomic mass is 10.0. The van der Waals surface area contributed by atoms with Crippen molar-refractivity contribution in [2.45, 2.75) is 26.4 Å². The van der Waals surface area contributed by atoms with Crippen LogP contribution in [0.15, 0.2) is 30.3 Å². The van der Waals surface area contributed by atoms with Gasteiger partial charge in [-0.25, -0.2) is 0 Å². The number of carbonyl (C=O) groups is 2. The molecule has 0 bridgehead atoms. The van der Waals surface area contributed by atoms with Gasteiger partial charge in [-0.2, -0.15) is 0 Å². The third kappa shape index (κ3) is 3.71. The molecular formula is C17H23N3O3. The molecule has 1 atom stereocenters. The Morgan fingerprint density at radius 3 is 2.61 bits per heavy atom. The Hall–Kier alpha value is -2.34. The van der Waals surface area contributed by atoms with E-state index in [-0.39, 0.29) is 11.8 Å². The highest BCUT2D eigenvalue weighted by Gasteiger charge is 2.24. The van der Waals surface area contributed by atoms with Crippen LogP contribution in [0.5, 0.6) is 0 Å². The minimum atomic E-state index is -0.698. The Kier molecular flexibility index (Phi) is 5.39. The lowest BCUT2D eigenvalue weighted by molar-refractivity contribution is -0.120. The molecule has 0 aliphatic rings. The second kappa shape index (κ2) is 7.28. The standard InChI is InChI=1S/C17H23N3O3/c1-11(2)15(16(18)21)19-17(22)14-10-12-6-4-5-7-13(12)20(14)8-9-23-3/h4-7,10-11,15H,8-9H2,1-3H3,(H2,18,21)(H,19,22). The summed E-state index contributed by atoms with van der Waals surface area (Å²) in [7, 11) is 1.62. The molecule has 0 fully saturated rings. The van der Waals surface area contributed by atoms with Gasteiger partial charge >= 0.3 is 0 Å². The maximum atomic E-state index is 12.6. The Morgan fingerprint density at radius 1 is 1.30 bits per heavy atom. The highest BCUT2D eigenvalue weighted by molar-refractivity contribution is 6.00. The highest BCUT2D eigenvalue weighted by Crippen LogP contribution is 2.20. The van der Waals surface area contributed by atoms with Crippen molar-refractivity contribution >= 4 is 22.7 Å². The van der Waals surface area contributed by atoms with E-state index >= 15 is 0 Å². The van der Waals surface area contributed by atoms with Crippen molar-refractivity contribution in [2.24, 2.45) is 11.7 Å². The molecule has 0 aliphatic heterocycles. The predicted octanol–water partition coefficient (Wildman–Crippen LogP) is 1.53. The van der Waals surface area contributed by atoms with Gasteiger partial charge in [0, 0.05) is 24.6 Å². The second-order valence-corrected chi connectivity index (χ2v) is 5.83. The van der Waals surface area contributed by atoms with Crippen LogP contribution in [-0.2, 0) is 16.1 Å². The second-order valence-electron chi connectivity index (χ2n) is 5.83. The van der Waals surface area contributed by atoms with E-state index in [0.717, 1.165) is 10.9 Å². The minimum absolute atomic E-state index is 0.0757. The Balaban J connectivity index is 2.37. The van der Waals surface area contributed by atoms with Crippen LogP contribution in [-0.4, -0.2) is 36.1 Å². The molecule has 6 nitrogen and oxygen atoms in total. The summed E-state index contributed by atoms with van der Waals surface area (Å²) < 4.78 is 7.03. The molecule has 124 valence electrons. The van der Waals surface area contributed by atoms with Gasteiger partial charge in [0.2, 0.25) is 5.91 Å². The fourth-order valence-electron chi connectivity index (χ4n) is 2.60. The van der Waals surface area contributed by atoms with Crippen LogP contribution in [0.2, 0.25) is 0 Å². The highest BCUT2D eigenvalue weighted by atomic mass is 16.5. The zero-order chi connectivity index (χ0) is 17.0. The van der Waals surface area contributed by atoms with Gasteiger partial charge in [0.05, 0.1) is 6.61 Å². The van der Waals surface area contributed by atoms with Crippen molar-refractivity contribution in [3.8, 4) is 0 Å². The molecule has 0 saturated heterocycles. The van der Waals surface area contributed by atoms with Gasteiger partial charge in [0.25, 0.3) is 5.91 Å². The van der Waals surface area contributed by atoms with Crippen molar-refractivity contribution in [1.82, 2.24) is 9.88 Å². The molecule has 2 amide bonds. The Bertz CT molecular complexity index is 706. The summed E-state index contributed by atoms with van der Waals surface area (Å²) in [5.74, 6) is -0.920. The lowest BCUT2D eigenvalue weighted by Crippen LogP contribution is -2.48. The Labute approximate surface area is 135 Å². The number of ether oxygens (including phenoxy) is 1. The van der Waals surface area contributed by atoms with E-state index in [9.17, 15) is 9.59 Å². The van der Waals surface area contributed by atoms with Gasteiger partial charge in [-0.1, -0.05) is 32.0 Å². The van der Waals surface area contributed by atoms with Crippen molar-refractivity contribution in [3.05, 3.63) is 36.0 Å². The van der Waals surface area contributed by atoms with Gasteiger partial charge < -0.3 is 20.4 Å². The molecule has 3 N–H and O–H groups in total. The average Bonchev–Trinajstić information content (AvgIpc) is 2.88. The fraction of sp³-hybridized carbons (Fsp3) is 0.412. The zero-order valence-electron chi connectivity index (χ0n) is 13.7. The summed E-state index contributed by atoms with van der Waals surface area (Å²) in [5, 5.41) is 3.70. The van der Waals surface area contributed by atoms with Crippen LogP contribution >= 0.6 is 0 Å². The van der Waals surface area contributed by atoms with Crippen molar-refractivity contribution in [2.75, 3.05) is 13.7 Å². The first-order chi connectivity index (χ1) is 11.0. The topological polar surface area (TPSA) is 86.3 Å². The number of hydrogen-bond donors (Lipinski definition) is 2. The van der Waals surface area contributed by atoms with Crippen LogP contribution in [0, 0.1) is 5.92 Å². The van der Waals surface area contributed by atoms with Gasteiger partial charge in [-0.15, -0.1) is 0 Å². The number of amides is 2. The molecule has 0 saturated carbocycles. The van der Waals surface area contributed by atoms with Crippen molar-refractivity contribution < 1.29 is 14.3 Å².